The van der Waals surface area contributed by atoms with Crippen LogP contribution in [0.3, 0.4) is 0 Å². The second-order valence-electron chi connectivity index (χ2n) is 6.28. The molecule has 0 radical (unpaired) electrons. The first-order valence-electron chi connectivity index (χ1n) is 8.79. The summed E-state index contributed by atoms with van der Waals surface area (Å²) in [6.45, 7) is 0.355. The smallest absolute Gasteiger partial charge is 0.251 e. The molecule has 0 atom stereocenters. The van der Waals surface area contributed by atoms with Crippen LogP contribution >= 0.6 is 0 Å². The number of carbonyl (C=O) groups excluding carboxylic acids is 1. The van der Waals surface area contributed by atoms with Gasteiger partial charge in [0.1, 0.15) is 5.65 Å². The quantitative estimate of drug-likeness (QED) is 0.561. The molecule has 2 N–H and O–H groups in total. The SMILES string of the molecule is N#Cc1ccc(Nc2cccc(C(=O)NCc3cn4ccccc4n3)c2)cc1. The van der Waals surface area contributed by atoms with Gasteiger partial charge in [0.15, 0.2) is 0 Å². The van der Waals surface area contributed by atoms with E-state index in [9.17, 15) is 4.79 Å². The number of fused-ring (bicyclic) bond motifs is 1. The third-order valence-corrected chi connectivity index (χ3v) is 4.27. The normalized spacial score (nSPS) is 10.4. The topological polar surface area (TPSA) is 82.2 Å². The molecule has 0 aliphatic rings. The molecule has 2 aromatic carbocycles. The van der Waals surface area contributed by atoms with Crippen molar-refractivity contribution in [2.45, 2.75) is 6.54 Å². The summed E-state index contributed by atoms with van der Waals surface area (Å²) >= 11 is 0. The number of imidazole rings is 1. The van der Waals surface area contributed by atoms with Gasteiger partial charge < -0.3 is 15.0 Å². The average Bonchev–Trinajstić information content (AvgIpc) is 3.16. The Labute approximate surface area is 162 Å². The van der Waals surface area contributed by atoms with Gasteiger partial charge in [0.05, 0.1) is 23.9 Å². The van der Waals surface area contributed by atoms with Crippen LogP contribution in [0.4, 0.5) is 11.4 Å². The second-order valence-corrected chi connectivity index (χ2v) is 6.28. The Bertz CT molecular complexity index is 1140. The van der Waals surface area contributed by atoms with Gasteiger partial charge in [0.25, 0.3) is 5.91 Å². The molecule has 0 spiro atoms. The summed E-state index contributed by atoms with van der Waals surface area (Å²) in [5.74, 6) is -0.166. The zero-order valence-corrected chi connectivity index (χ0v) is 15.0. The number of amides is 1. The molecule has 136 valence electrons. The summed E-state index contributed by atoms with van der Waals surface area (Å²) < 4.78 is 1.92. The van der Waals surface area contributed by atoms with E-state index >= 15 is 0 Å². The molecule has 0 aliphatic carbocycles. The van der Waals surface area contributed by atoms with Crippen LogP contribution < -0.4 is 10.6 Å². The Morgan fingerprint density at radius 2 is 1.89 bits per heavy atom. The van der Waals surface area contributed by atoms with Gasteiger partial charge >= 0.3 is 0 Å². The Kier molecular flexibility index (Phi) is 4.72. The van der Waals surface area contributed by atoms with E-state index in [4.69, 9.17) is 5.26 Å². The van der Waals surface area contributed by atoms with Crippen molar-refractivity contribution < 1.29 is 4.79 Å². The van der Waals surface area contributed by atoms with E-state index in [0.29, 0.717) is 17.7 Å². The summed E-state index contributed by atoms with van der Waals surface area (Å²) in [5, 5.41) is 15.0. The van der Waals surface area contributed by atoms with Crippen LogP contribution in [0.15, 0.2) is 79.1 Å². The summed E-state index contributed by atoms with van der Waals surface area (Å²) in [6.07, 6.45) is 3.82. The van der Waals surface area contributed by atoms with Crippen molar-refractivity contribution in [1.29, 1.82) is 5.26 Å². The number of hydrogen-bond donors (Lipinski definition) is 2. The van der Waals surface area contributed by atoms with Gasteiger partial charge in [-0.3, -0.25) is 4.79 Å². The number of pyridine rings is 1. The molecule has 0 unspecified atom stereocenters. The zero-order chi connectivity index (χ0) is 19.3. The van der Waals surface area contributed by atoms with Crippen LogP contribution in [0.1, 0.15) is 21.6 Å². The molecular formula is C22H17N5O. The number of nitrogens with one attached hydrogen (secondary N) is 2. The number of aromatic nitrogens is 2. The predicted octanol–water partition coefficient (Wildman–Crippen LogP) is 3.88. The lowest BCUT2D eigenvalue weighted by Gasteiger charge is -2.09. The first kappa shape index (κ1) is 17.3. The number of carbonyl (C=O) groups is 1. The highest BCUT2D eigenvalue weighted by molar-refractivity contribution is 5.95. The first-order valence-corrected chi connectivity index (χ1v) is 8.79. The first-order chi connectivity index (χ1) is 13.7. The lowest BCUT2D eigenvalue weighted by atomic mass is 10.1. The molecule has 2 heterocycles. The minimum atomic E-state index is -0.166. The van der Waals surface area contributed by atoms with Crippen LogP contribution in [-0.4, -0.2) is 15.3 Å². The molecule has 1 amide bonds. The maximum atomic E-state index is 12.5. The maximum Gasteiger partial charge on any atom is 0.251 e. The van der Waals surface area contributed by atoms with E-state index < -0.39 is 0 Å². The fraction of sp³-hybridized carbons (Fsp3) is 0.0455. The summed E-state index contributed by atoms with van der Waals surface area (Å²) in [5.41, 5.74) is 4.45. The minimum Gasteiger partial charge on any atom is -0.356 e. The molecule has 0 saturated carbocycles. The van der Waals surface area contributed by atoms with Gasteiger partial charge in [0.2, 0.25) is 0 Å². The molecule has 0 saturated heterocycles. The largest absolute Gasteiger partial charge is 0.356 e. The Balaban J connectivity index is 1.42. The van der Waals surface area contributed by atoms with E-state index in [1.54, 1.807) is 24.3 Å². The van der Waals surface area contributed by atoms with Crippen molar-refractivity contribution in [3.63, 3.8) is 0 Å². The molecule has 4 rings (SSSR count). The fourth-order valence-electron chi connectivity index (χ4n) is 2.88. The standard InChI is InChI=1S/C22H17N5O/c23-13-16-7-9-18(10-8-16)25-19-5-3-4-17(12-19)22(28)24-14-20-15-27-11-2-1-6-21(27)26-20/h1-12,15,25H,14H2,(H,24,28). The highest BCUT2D eigenvalue weighted by atomic mass is 16.1. The lowest BCUT2D eigenvalue weighted by molar-refractivity contribution is 0.0950. The van der Waals surface area contributed by atoms with Crippen molar-refractivity contribution in [1.82, 2.24) is 14.7 Å². The second kappa shape index (κ2) is 7.64. The van der Waals surface area contributed by atoms with E-state index in [2.05, 4.69) is 21.7 Å². The molecule has 0 bridgehead atoms. The monoisotopic (exact) mass is 367 g/mol. The van der Waals surface area contributed by atoms with Gasteiger partial charge in [-0.25, -0.2) is 4.98 Å². The minimum absolute atomic E-state index is 0.166. The number of hydrogen-bond acceptors (Lipinski definition) is 4. The van der Waals surface area contributed by atoms with Crippen LogP contribution in [0.5, 0.6) is 0 Å². The van der Waals surface area contributed by atoms with Gasteiger partial charge in [-0.1, -0.05) is 12.1 Å². The molecule has 0 fully saturated rings. The van der Waals surface area contributed by atoms with Crippen molar-refractivity contribution in [2.75, 3.05) is 5.32 Å². The molecule has 6 heteroatoms. The number of nitrogens with zero attached hydrogens (tertiary/aromatic N) is 3. The number of benzene rings is 2. The molecule has 6 nitrogen and oxygen atoms in total. The number of anilines is 2. The molecular weight excluding hydrogens is 350 g/mol. The van der Waals surface area contributed by atoms with E-state index in [1.165, 1.54) is 0 Å². The van der Waals surface area contributed by atoms with Gasteiger partial charge in [-0.05, 0) is 54.6 Å². The summed E-state index contributed by atoms with van der Waals surface area (Å²) in [6, 6.07) is 22.3. The Morgan fingerprint density at radius 3 is 2.68 bits per heavy atom. The van der Waals surface area contributed by atoms with Crippen molar-refractivity contribution >= 4 is 22.9 Å². The fourth-order valence-corrected chi connectivity index (χ4v) is 2.88. The van der Waals surface area contributed by atoms with Crippen molar-refractivity contribution in [3.05, 3.63) is 95.9 Å². The van der Waals surface area contributed by atoms with E-state index in [1.807, 2.05) is 59.3 Å². The number of nitriles is 1. The molecule has 28 heavy (non-hydrogen) atoms. The Hall–Kier alpha value is -4.11. The maximum absolute atomic E-state index is 12.5. The van der Waals surface area contributed by atoms with Crippen molar-refractivity contribution in [2.24, 2.45) is 0 Å². The predicted molar refractivity (Wildman–Crippen MR) is 107 cm³/mol. The molecule has 4 aromatic rings. The Morgan fingerprint density at radius 1 is 1.04 bits per heavy atom. The third-order valence-electron chi connectivity index (χ3n) is 4.27. The highest BCUT2D eigenvalue weighted by Gasteiger charge is 2.08. The van der Waals surface area contributed by atoms with Crippen molar-refractivity contribution in [3.8, 4) is 6.07 Å². The van der Waals surface area contributed by atoms with Gasteiger partial charge in [-0.2, -0.15) is 5.26 Å². The highest BCUT2D eigenvalue weighted by Crippen LogP contribution is 2.18. The number of rotatable bonds is 5. The van der Waals surface area contributed by atoms with E-state index in [-0.39, 0.29) is 5.91 Å². The van der Waals surface area contributed by atoms with Crippen LogP contribution in [0.2, 0.25) is 0 Å². The third kappa shape index (κ3) is 3.84. The van der Waals surface area contributed by atoms with Crippen LogP contribution in [0.25, 0.3) is 5.65 Å². The van der Waals surface area contributed by atoms with Gasteiger partial charge in [-0.15, -0.1) is 0 Å². The molecule has 2 aromatic heterocycles. The lowest BCUT2D eigenvalue weighted by Crippen LogP contribution is -2.23. The average molecular weight is 367 g/mol. The van der Waals surface area contributed by atoms with Crippen LogP contribution in [-0.2, 0) is 6.54 Å². The van der Waals surface area contributed by atoms with Crippen LogP contribution in [0, 0.1) is 11.3 Å². The zero-order valence-electron chi connectivity index (χ0n) is 15.0. The molecule has 0 aliphatic heterocycles. The summed E-state index contributed by atoms with van der Waals surface area (Å²) in [7, 11) is 0. The van der Waals surface area contributed by atoms with Gasteiger partial charge in [0, 0.05) is 29.3 Å². The van der Waals surface area contributed by atoms with E-state index in [0.717, 1.165) is 22.7 Å². The summed E-state index contributed by atoms with van der Waals surface area (Å²) in [4.78, 5) is 17.0.